The lowest BCUT2D eigenvalue weighted by Crippen LogP contribution is -2.42. The maximum Gasteiger partial charge on any atom is 0.254 e. The number of carbonyl (C=O) groups is 1. The van der Waals surface area contributed by atoms with Gasteiger partial charge < -0.3 is 10.2 Å². The fraction of sp³-hybridized carbons (Fsp3) is 0.533. The lowest BCUT2D eigenvalue weighted by atomic mass is 9.97. The minimum atomic E-state index is 0. The van der Waals surface area contributed by atoms with Crippen LogP contribution in [0.25, 0.3) is 0 Å². The Morgan fingerprint density at radius 1 is 1.50 bits per heavy atom. The summed E-state index contributed by atoms with van der Waals surface area (Å²) in [6, 6.07) is 5.54. The summed E-state index contributed by atoms with van der Waals surface area (Å²) in [6.45, 7) is 4.57. The molecule has 0 radical (unpaired) electrons. The molecule has 1 N–H and O–H groups in total. The smallest absolute Gasteiger partial charge is 0.254 e. The minimum absolute atomic E-state index is 0. The average Bonchev–Trinajstić information content (AvgIpc) is 2.42. The first-order valence-corrected chi connectivity index (χ1v) is 7.20. The number of rotatable bonds is 3. The number of hydrogen-bond donors (Lipinski definition) is 1. The molecule has 1 fully saturated rings. The number of halogens is 2. The summed E-state index contributed by atoms with van der Waals surface area (Å²) in [7, 11) is 1.96. The second kappa shape index (κ2) is 7.87. The van der Waals surface area contributed by atoms with Gasteiger partial charge in [0.05, 0.1) is 0 Å². The third kappa shape index (κ3) is 3.87. The standard InChI is InChI=1S/C15H21ClN2O.ClH/c1-11-13(6-3-7-14(11)16)15(19)18-8-4-5-12(10-18)9-17-2;/h3,6-7,12,17H,4-5,8-10H2,1-2H3;1H. The molecule has 1 unspecified atom stereocenters. The Morgan fingerprint density at radius 3 is 2.95 bits per heavy atom. The van der Waals surface area contributed by atoms with E-state index >= 15 is 0 Å². The zero-order valence-corrected chi connectivity index (χ0v) is 13.6. The van der Waals surface area contributed by atoms with Gasteiger partial charge in [-0.05, 0) is 57.0 Å². The van der Waals surface area contributed by atoms with Gasteiger partial charge >= 0.3 is 0 Å². The summed E-state index contributed by atoms with van der Waals surface area (Å²) in [6.07, 6.45) is 2.27. The summed E-state index contributed by atoms with van der Waals surface area (Å²) >= 11 is 6.09. The molecule has 1 amide bonds. The van der Waals surface area contributed by atoms with E-state index in [9.17, 15) is 4.79 Å². The molecule has 3 nitrogen and oxygen atoms in total. The van der Waals surface area contributed by atoms with E-state index in [0.717, 1.165) is 37.2 Å². The Balaban J connectivity index is 0.00000200. The monoisotopic (exact) mass is 316 g/mol. The van der Waals surface area contributed by atoms with E-state index in [0.29, 0.717) is 10.9 Å². The van der Waals surface area contributed by atoms with Crippen LogP contribution in [-0.2, 0) is 0 Å². The van der Waals surface area contributed by atoms with Crippen LogP contribution >= 0.6 is 24.0 Å². The van der Waals surface area contributed by atoms with Gasteiger partial charge in [0.25, 0.3) is 5.91 Å². The van der Waals surface area contributed by atoms with Crippen LogP contribution in [0.1, 0.15) is 28.8 Å². The molecule has 0 spiro atoms. The third-order valence-electron chi connectivity index (χ3n) is 3.80. The first-order chi connectivity index (χ1) is 9.13. The van der Waals surface area contributed by atoms with Crippen molar-refractivity contribution in [1.29, 1.82) is 0 Å². The van der Waals surface area contributed by atoms with Crippen molar-refractivity contribution in [3.8, 4) is 0 Å². The Labute approximate surface area is 132 Å². The first-order valence-electron chi connectivity index (χ1n) is 6.82. The van der Waals surface area contributed by atoms with Crippen LogP contribution in [0.2, 0.25) is 5.02 Å². The number of amides is 1. The van der Waals surface area contributed by atoms with Crippen molar-refractivity contribution in [3.05, 3.63) is 34.3 Å². The number of carbonyl (C=O) groups excluding carboxylic acids is 1. The number of hydrogen-bond acceptors (Lipinski definition) is 2. The number of nitrogens with zero attached hydrogens (tertiary/aromatic N) is 1. The van der Waals surface area contributed by atoms with E-state index in [1.807, 2.05) is 37.1 Å². The van der Waals surface area contributed by atoms with Gasteiger partial charge in [0, 0.05) is 23.7 Å². The molecule has 0 aliphatic carbocycles. The van der Waals surface area contributed by atoms with Crippen LogP contribution in [0, 0.1) is 12.8 Å². The molecule has 1 aliphatic heterocycles. The lowest BCUT2D eigenvalue weighted by Gasteiger charge is -2.33. The fourth-order valence-corrected chi connectivity index (χ4v) is 2.89. The molecule has 20 heavy (non-hydrogen) atoms. The van der Waals surface area contributed by atoms with Gasteiger partial charge in [-0.2, -0.15) is 0 Å². The van der Waals surface area contributed by atoms with Crippen molar-refractivity contribution in [2.45, 2.75) is 19.8 Å². The number of likely N-dealkylation sites (tertiary alicyclic amines) is 1. The van der Waals surface area contributed by atoms with Gasteiger partial charge in [0.2, 0.25) is 0 Å². The molecule has 0 aromatic heterocycles. The van der Waals surface area contributed by atoms with Crippen molar-refractivity contribution >= 4 is 29.9 Å². The summed E-state index contributed by atoms with van der Waals surface area (Å²) < 4.78 is 0. The molecule has 1 aromatic carbocycles. The second-order valence-electron chi connectivity index (χ2n) is 5.23. The molecule has 0 saturated carbocycles. The fourth-order valence-electron chi connectivity index (χ4n) is 2.71. The van der Waals surface area contributed by atoms with Crippen molar-refractivity contribution < 1.29 is 4.79 Å². The maximum atomic E-state index is 12.6. The van der Waals surface area contributed by atoms with Crippen LogP contribution in [0.3, 0.4) is 0 Å². The van der Waals surface area contributed by atoms with E-state index < -0.39 is 0 Å². The van der Waals surface area contributed by atoms with Crippen LogP contribution in [0.5, 0.6) is 0 Å². The molecular weight excluding hydrogens is 295 g/mol. The van der Waals surface area contributed by atoms with Gasteiger partial charge in [-0.3, -0.25) is 4.79 Å². The molecular formula is C15H22Cl2N2O. The van der Waals surface area contributed by atoms with Crippen LogP contribution in [-0.4, -0.2) is 37.5 Å². The van der Waals surface area contributed by atoms with E-state index in [1.165, 1.54) is 6.42 Å². The van der Waals surface area contributed by atoms with Crippen LogP contribution in [0.15, 0.2) is 18.2 Å². The Hall–Kier alpha value is -0.770. The van der Waals surface area contributed by atoms with Crippen molar-refractivity contribution in [3.63, 3.8) is 0 Å². The molecule has 1 aromatic rings. The number of piperidine rings is 1. The summed E-state index contributed by atoms with van der Waals surface area (Å²) in [5, 5.41) is 3.86. The minimum Gasteiger partial charge on any atom is -0.338 e. The van der Waals surface area contributed by atoms with E-state index in [4.69, 9.17) is 11.6 Å². The van der Waals surface area contributed by atoms with E-state index in [2.05, 4.69) is 5.32 Å². The molecule has 1 saturated heterocycles. The van der Waals surface area contributed by atoms with Gasteiger partial charge in [-0.25, -0.2) is 0 Å². The van der Waals surface area contributed by atoms with Crippen LogP contribution < -0.4 is 5.32 Å². The highest BCUT2D eigenvalue weighted by Crippen LogP contribution is 2.23. The summed E-state index contributed by atoms with van der Waals surface area (Å²) in [5.41, 5.74) is 1.61. The van der Waals surface area contributed by atoms with Crippen molar-refractivity contribution in [1.82, 2.24) is 10.2 Å². The Morgan fingerprint density at radius 2 is 2.25 bits per heavy atom. The largest absolute Gasteiger partial charge is 0.338 e. The topological polar surface area (TPSA) is 32.3 Å². The molecule has 5 heteroatoms. The summed E-state index contributed by atoms with van der Waals surface area (Å²) in [4.78, 5) is 14.5. The third-order valence-corrected chi connectivity index (χ3v) is 4.21. The molecule has 1 aliphatic rings. The van der Waals surface area contributed by atoms with Crippen LogP contribution in [0.4, 0.5) is 0 Å². The Bertz CT molecular complexity index is 463. The highest BCUT2D eigenvalue weighted by atomic mass is 35.5. The highest BCUT2D eigenvalue weighted by Gasteiger charge is 2.25. The molecule has 1 atom stereocenters. The second-order valence-corrected chi connectivity index (χ2v) is 5.64. The molecule has 112 valence electrons. The van der Waals surface area contributed by atoms with Crippen molar-refractivity contribution in [2.75, 3.05) is 26.7 Å². The predicted octanol–water partition coefficient (Wildman–Crippen LogP) is 3.14. The Kier molecular flexibility index (Phi) is 6.80. The van der Waals surface area contributed by atoms with Gasteiger partial charge in [-0.15, -0.1) is 12.4 Å². The quantitative estimate of drug-likeness (QED) is 0.929. The molecule has 0 bridgehead atoms. The lowest BCUT2D eigenvalue weighted by molar-refractivity contribution is 0.0673. The molecule has 1 heterocycles. The molecule has 2 rings (SSSR count). The SMILES string of the molecule is CNCC1CCCN(C(=O)c2cccc(Cl)c2C)C1.Cl. The zero-order chi connectivity index (χ0) is 13.8. The normalized spacial score (nSPS) is 18.6. The van der Waals surface area contributed by atoms with Gasteiger partial charge in [-0.1, -0.05) is 17.7 Å². The average molecular weight is 317 g/mol. The maximum absolute atomic E-state index is 12.6. The van der Waals surface area contributed by atoms with Gasteiger partial charge in [0.15, 0.2) is 0 Å². The number of benzene rings is 1. The van der Waals surface area contributed by atoms with E-state index in [-0.39, 0.29) is 18.3 Å². The first kappa shape index (κ1) is 17.3. The van der Waals surface area contributed by atoms with Gasteiger partial charge in [0.1, 0.15) is 0 Å². The zero-order valence-electron chi connectivity index (χ0n) is 12.0. The predicted molar refractivity (Wildman–Crippen MR) is 86.0 cm³/mol. The summed E-state index contributed by atoms with van der Waals surface area (Å²) in [5.74, 6) is 0.669. The van der Waals surface area contributed by atoms with Crippen molar-refractivity contribution in [2.24, 2.45) is 5.92 Å². The highest BCUT2D eigenvalue weighted by molar-refractivity contribution is 6.31. The number of nitrogens with one attached hydrogen (secondary N) is 1. The van der Waals surface area contributed by atoms with E-state index in [1.54, 1.807) is 0 Å².